The molecule has 0 aromatic carbocycles. The number of nitrogens with one attached hydrogen (secondary N) is 1. The van der Waals surface area contributed by atoms with Gasteiger partial charge in [-0.2, -0.15) is 0 Å². The largest absolute Gasteiger partial charge is 0.468 e. The van der Waals surface area contributed by atoms with E-state index in [1.165, 1.54) is 0 Å². The fraction of sp³-hybridized carbons (Fsp3) is 0.889. The molecule has 0 rings (SSSR count). The molecule has 0 bridgehead atoms. The van der Waals surface area contributed by atoms with Crippen LogP contribution in [0, 0.1) is 5.92 Å². The minimum Gasteiger partial charge on any atom is -0.468 e. The van der Waals surface area contributed by atoms with Gasteiger partial charge in [-0.1, -0.05) is 13.8 Å². The van der Waals surface area contributed by atoms with Gasteiger partial charge in [-0.15, -0.1) is 0 Å². The Labute approximate surface area is 80.7 Å². The highest BCUT2D eigenvalue weighted by molar-refractivity contribution is 7.80. The van der Waals surface area contributed by atoms with Crippen molar-refractivity contribution in [1.29, 1.82) is 0 Å². The van der Waals surface area contributed by atoms with Crippen LogP contribution in [0.4, 0.5) is 0 Å². The Kier molecular flexibility index (Phi) is 6.07. The van der Waals surface area contributed by atoms with Crippen LogP contribution in [0.15, 0.2) is 0 Å². The summed E-state index contributed by atoms with van der Waals surface area (Å²) in [6.07, 6.45) is 1.30. The van der Waals surface area contributed by atoms with E-state index in [1.807, 2.05) is 13.8 Å². The molecule has 0 amide bonds. The van der Waals surface area contributed by atoms with Gasteiger partial charge in [0.05, 0.1) is 6.10 Å². The summed E-state index contributed by atoms with van der Waals surface area (Å²) in [5, 5.41) is 3.57. The zero-order chi connectivity index (χ0) is 9.56. The Morgan fingerprint density at radius 3 is 2.33 bits per heavy atom. The van der Waals surface area contributed by atoms with Gasteiger partial charge in [0.25, 0.3) is 5.17 Å². The number of hydrogen-bond donors (Lipinski definition) is 1. The van der Waals surface area contributed by atoms with E-state index in [0.717, 1.165) is 13.0 Å². The zero-order valence-electron chi connectivity index (χ0n) is 8.39. The summed E-state index contributed by atoms with van der Waals surface area (Å²) in [5.74, 6) is 0.708. The van der Waals surface area contributed by atoms with Crippen molar-refractivity contribution in [2.24, 2.45) is 5.92 Å². The molecule has 0 heterocycles. The first kappa shape index (κ1) is 11.7. The van der Waals surface area contributed by atoms with E-state index in [-0.39, 0.29) is 6.10 Å². The maximum absolute atomic E-state index is 5.25. The van der Waals surface area contributed by atoms with E-state index in [1.54, 1.807) is 0 Å². The van der Waals surface area contributed by atoms with E-state index >= 15 is 0 Å². The topological polar surface area (TPSA) is 21.3 Å². The number of rotatable bonds is 4. The second-order valence-corrected chi connectivity index (χ2v) is 3.93. The average Bonchev–Trinajstić information content (AvgIpc) is 1.84. The van der Waals surface area contributed by atoms with Crippen LogP contribution in [-0.2, 0) is 4.74 Å². The second kappa shape index (κ2) is 6.23. The van der Waals surface area contributed by atoms with Crippen molar-refractivity contribution in [2.75, 3.05) is 6.54 Å². The van der Waals surface area contributed by atoms with Gasteiger partial charge in [0.1, 0.15) is 0 Å². The first-order valence-electron chi connectivity index (χ1n) is 4.47. The Morgan fingerprint density at radius 2 is 1.92 bits per heavy atom. The van der Waals surface area contributed by atoms with Gasteiger partial charge in [-0.05, 0) is 38.4 Å². The maximum atomic E-state index is 5.25. The third-order valence-corrected chi connectivity index (χ3v) is 1.57. The molecule has 12 heavy (non-hydrogen) atoms. The third-order valence-electron chi connectivity index (χ3n) is 1.33. The third kappa shape index (κ3) is 7.79. The molecule has 0 aromatic heterocycles. The Morgan fingerprint density at radius 1 is 1.33 bits per heavy atom. The van der Waals surface area contributed by atoms with E-state index in [9.17, 15) is 0 Å². The van der Waals surface area contributed by atoms with Crippen molar-refractivity contribution in [3.05, 3.63) is 0 Å². The molecule has 0 radical (unpaired) electrons. The van der Waals surface area contributed by atoms with Gasteiger partial charge in [-0.25, -0.2) is 0 Å². The highest BCUT2D eigenvalue weighted by Gasteiger charge is 1.99. The summed E-state index contributed by atoms with van der Waals surface area (Å²) in [6, 6.07) is 0. The second-order valence-electron chi connectivity index (χ2n) is 3.56. The lowest BCUT2D eigenvalue weighted by Crippen LogP contribution is -2.27. The average molecular weight is 189 g/mol. The SMILES string of the molecule is CC(C)CCNC(=S)OC(C)C. The summed E-state index contributed by atoms with van der Waals surface area (Å²) in [5.41, 5.74) is 0. The molecule has 0 unspecified atom stereocenters. The Balaban J connectivity index is 3.32. The van der Waals surface area contributed by atoms with Gasteiger partial charge in [0.2, 0.25) is 0 Å². The van der Waals surface area contributed by atoms with E-state index in [2.05, 4.69) is 19.2 Å². The predicted octanol–water partition coefficient (Wildman–Crippen LogP) is 2.33. The van der Waals surface area contributed by atoms with E-state index in [0.29, 0.717) is 11.1 Å². The van der Waals surface area contributed by atoms with Crippen LogP contribution >= 0.6 is 12.2 Å². The Hall–Kier alpha value is -0.310. The van der Waals surface area contributed by atoms with Crippen LogP contribution in [0.3, 0.4) is 0 Å². The van der Waals surface area contributed by atoms with Crippen molar-refractivity contribution < 1.29 is 4.74 Å². The van der Waals surface area contributed by atoms with Crippen LogP contribution in [0.1, 0.15) is 34.1 Å². The van der Waals surface area contributed by atoms with Gasteiger partial charge in [0, 0.05) is 6.54 Å². The van der Waals surface area contributed by atoms with Gasteiger partial charge in [0.15, 0.2) is 0 Å². The van der Waals surface area contributed by atoms with Gasteiger partial charge < -0.3 is 10.1 Å². The molecule has 3 heteroatoms. The van der Waals surface area contributed by atoms with Crippen molar-refractivity contribution >= 4 is 17.4 Å². The summed E-state index contributed by atoms with van der Waals surface area (Å²) < 4.78 is 5.25. The molecule has 0 aliphatic heterocycles. The minimum absolute atomic E-state index is 0.170. The smallest absolute Gasteiger partial charge is 0.256 e. The quantitative estimate of drug-likeness (QED) is 0.686. The molecule has 0 aliphatic rings. The molecule has 0 saturated heterocycles. The predicted molar refractivity (Wildman–Crippen MR) is 56.3 cm³/mol. The highest BCUT2D eigenvalue weighted by atomic mass is 32.1. The van der Waals surface area contributed by atoms with E-state index < -0.39 is 0 Å². The first-order chi connectivity index (χ1) is 5.52. The van der Waals surface area contributed by atoms with Gasteiger partial charge >= 0.3 is 0 Å². The minimum atomic E-state index is 0.170. The van der Waals surface area contributed by atoms with Crippen molar-refractivity contribution in [3.8, 4) is 0 Å². The molecular formula is C9H19NOS. The summed E-state index contributed by atoms with van der Waals surface area (Å²) in [7, 11) is 0. The molecular weight excluding hydrogens is 170 g/mol. The van der Waals surface area contributed by atoms with Crippen molar-refractivity contribution in [1.82, 2.24) is 5.32 Å². The molecule has 72 valence electrons. The lowest BCUT2D eigenvalue weighted by molar-refractivity contribution is 0.224. The lowest BCUT2D eigenvalue weighted by atomic mass is 10.1. The van der Waals surface area contributed by atoms with Gasteiger partial charge in [-0.3, -0.25) is 0 Å². The van der Waals surface area contributed by atoms with E-state index in [4.69, 9.17) is 17.0 Å². The lowest BCUT2D eigenvalue weighted by Gasteiger charge is -2.12. The molecule has 0 aromatic rings. The summed E-state index contributed by atoms with van der Waals surface area (Å²) in [6.45, 7) is 9.22. The summed E-state index contributed by atoms with van der Waals surface area (Å²) >= 11 is 4.95. The standard InChI is InChI=1S/C9H19NOS/c1-7(2)5-6-10-9(12)11-8(3)4/h7-8H,5-6H2,1-4H3,(H,10,12). The zero-order valence-corrected chi connectivity index (χ0v) is 9.20. The molecule has 0 saturated carbocycles. The first-order valence-corrected chi connectivity index (χ1v) is 4.87. The van der Waals surface area contributed by atoms with Crippen molar-refractivity contribution in [2.45, 2.75) is 40.2 Å². The number of hydrogen-bond acceptors (Lipinski definition) is 2. The monoisotopic (exact) mass is 189 g/mol. The summed E-state index contributed by atoms with van der Waals surface area (Å²) in [4.78, 5) is 0. The van der Waals surface area contributed by atoms with Crippen LogP contribution in [0.2, 0.25) is 0 Å². The Bertz CT molecular complexity index is 134. The fourth-order valence-electron chi connectivity index (χ4n) is 0.719. The van der Waals surface area contributed by atoms with Crippen LogP contribution in [-0.4, -0.2) is 17.8 Å². The molecule has 0 aliphatic carbocycles. The molecule has 1 N–H and O–H groups in total. The number of ether oxygens (including phenoxy) is 1. The fourth-order valence-corrected chi connectivity index (χ4v) is 1.01. The number of thiocarbonyl (C=S) groups is 1. The maximum Gasteiger partial charge on any atom is 0.256 e. The highest BCUT2D eigenvalue weighted by Crippen LogP contribution is 1.97. The van der Waals surface area contributed by atoms with Crippen LogP contribution < -0.4 is 5.32 Å². The molecule has 2 nitrogen and oxygen atoms in total. The van der Waals surface area contributed by atoms with Crippen LogP contribution in [0.5, 0.6) is 0 Å². The van der Waals surface area contributed by atoms with Crippen LogP contribution in [0.25, 0.3) is 0 Å². The molecule has 0 spiro atoms. The molecule has 0 fully saturated rings. The normalized spacial score (nSPS) is 10.5. The van der Waals surface area contributed by atoms with Crippen molar-refractivity contribution in [3.63, 3.8) is 0 Å². The molecule has 0 atom stereocenters.